The third-order valence-corrected chi connectivity index (χ3v) is 3.79. The van der Waals surface area contributed by atoms with E-state index in [1.807, 2.05) is 6.07 Å². The summed E-state index contributed by atoms with van der Waals surface area (Å²) in [5.41, 5.74) is 0.667. The highest BCUT2D eigenvalue weighted by atomic mass is 16.4. The van der Waals surface area contributed by atoms with Crippen molar-refractivity contribution in [1.82, 2.24) is 10.2 Å². The van der Waals surface area contributed by atoms with Crippen molar-refractivity contribution in [3.05, 3.63) is 35.9 Å². The fraction of sp³-hybridized carbons (Fsp3) is 0.467. The number of benzene rings is 1. The molecule has 3 N–H and O–H groups in total. The predicted octanol–water partition coefficient (Wildman–Crippen LogP) is 0.879. The van der Waals surface area contributed by atoms with Gasteiger partial charge in [0.2, 0.25) is 0 Å². The second-order valence-electron chi connectivity index (χ2n) is 5.27. The van der Waals surface area contributed by atoms with Crippen molar-refractivity contribution in [2.75, 3.05) is 26.2 Å². The SMILES string of the molecule is O=C(O)C(CNC(=O)N1CCC(CO)C1)c1ccccc1. The van der Waals surface area contributed by atoms with Crippen molar-refractivity contribution in [3.8, 4) is 0 Å². The van der Waals surface area contributed by atoms with Gasteiger partial charge in [0.05, 0.1) is 5.92 Å². The normalized spacial score (nSPS) is 19.3. The number of carbonyl (C=O) groups is 2. The first-order valence-electron chi connectivity index (χ1n) is 7.03. The minimum absolute atomic E-state index is 0.0540. The second kappa shape index (κ2) is 7.08. The zero-order valence-corrected chi connectivity index (χ0v) is 11.7. The third-order valence-electron chi connectivity index (χ3n) is 3.79. The minimum atomic E-state index is -0.962. The Morgan fingerprint density at radius 1 is 1.33 bits per heavy atom. The van der Waals surface area contributed by atoms with Gasteiger partial charge in [-0.1, -0.05) is 30.3 Å². The van der Waals surface area contributed by atoms with Gasteiger partial charge in [0.25, 0.3) is 0 Å². The molecule has 1 heterocycles. The number of amides is 2. The minimum Gasteiger partial charge on any atom is -0.481 e. The van der Waals surface area contributed by atoms with E-state index >= 15 is 0 Å². The molecule has 1 fully saturated rings. The summed E-state index contributed by atoms with van der Waals surface area (Å²) in [6, 6.07) is 8.58. The molecule has 2 rings (SSSR count). The van der Waals surface area contributed by atoms with Crippen molar-refractivity contribution in [2.45, 2.75) is 12.3 Å². The molecule has 0 saturated carbocycles. The molecule has 1 aromatic carbocycles. The standard InChI is InChI=1S/C15H20N2O4/c18-10-11-6-7-17(9-11)15(21)16-8-13(14(19)20)12-4-2-1-3-5-12/h1-5,11,13,18H,6-10H2,(H,16,21)(H,19,20). The first-order chi connectivity index (χ1) is 10.1. The Kier molecular flexibility index (Phi) is 5.16. The molecule has 2 atom stereocenters. The summed E-state index contributed by atoms with van der Waals surface area (Å²) in [6.07, 6.45) is 0.783. The number of nitrogens with zero attached hydrogens (tertiary/aromatic N) is 1. The van der Waals surface area contributed by atoms with Gasteiger partial charge in [0.1, 0.15) is 0 Å². The summed E-state index contributed by atoms with van der Waals surface area (Å²) in [6.45, 7) is 1.25. The first kappa shape index (κ1) is 15.3. The van der Waals surface area contributed by atoms with Gasteiger partial charge < -0.3 is 20.4 Å². The van der Waals surface area contributed by atoms with E-state index in [1.165, 1.54) is 0 Å². The molecule has 1 aromatic rings. The Labute approximate surface area is 123 Å². The average Bonchev–Trinajstić information content (AvgIpc) is 2.97. The smallest absolute Gasteiger partial charge is 0.317 e. The number of carboxylic acid groups (broad SMARTS) is 1. The van der Waals surface area contributed by atoms with Crippen molar-refractivity contribution in [1.29, 1.82) is 0 Å². The maximum absolute atomic E-state index is 12.0. The molecule has 2 unspecified atom stereocenters. The number of aliphatic carboxylic acids is 1. The van der Waals surface area contributed by atoms with Crippen LogP contribution in [0.2, 0.25) is 0 Å². The molecule has 21 heavy (non-hydrogen) atoms. The van der Waals surface area contributed by atoms with Gasteiger partial charge in [0.15, 0.2) is 0 Å². The average molecular weight is 292 g/mol. The molecule has 6 nitrogen and oxygen atoms in total. The van der Waals surface area contributed by atoms with E-state index in [4.69, 9.17) is 5.11 Å². The fourth-order valence-corrected chi connectivity index (χ4v) is 2.50. The Balaban J connectivity index is 1.91. The van der Waals surface area contributed by atoms with Crippen LogP contribution >= 0.6 is 0 Å². The maximum Gasteiger partial charge on any atom is 0.317 e. The number of aliphatic hydroxyl groups is 1. The molecule has 2 amide bonds. The summed E-state index contributed by atoms with van der Waals surface area (Å²) in [7, 11) is 0. The zero-order valence-electron chi connectivity index (χ0n) is 11.7. The number of hydrogen-bond donors (Lipinski definition) is 3. The van der Waals surface area contributed by atoms with Gasteiger partial charge in [-0.25, -0.2) is 4.79 Å². The van der Waals surface area contributed by atoms with Crippen molar-refractivity contribution < 1.29 is 19.8 Å². The van der Waals surface area contributed by atoms with E-state index in [0.717, 1.165) is 6.42 Å². The van der Waals surface area contributed by atoms with Gasteiger partial charge in [-0.3, -0.25) is 4.79 Å². The second-order valence-corrected chi connectivity index (χ2v) is 5.27. The largest absolute Gasteiger partial charge is 0.481 e. The lowest BCUT2D eigenvalue weighted by Crippen LogP contribution is -2.41. The molecular weight excluding hydrogens is 272 g/mol. The Morgan fingerprint density at radius 3 is 2.62 bits per heavy atom. The topological polar surface area (TPSA) is 89.9 Å². The number of likely N-dealkylation sites (tertiary alicyclic amines) is 1. The van der Waals surface area contributed by atoms with Gasteiger partial charge >= 0.3 is 12.0 Å². The molecule has 0 radical (unpaired) electrons. The molecule has 0 bridgehead atoms. The van der Waals surface area contributed by atoms with Crippen LogP contribution < -0.4 is 5.32 Å². The predicted molar refractivity (Wildman–Crippen MR) is 77.0 cm³/mol. The van der Waals surface area contributed by atoms with Crippen molar-refractivity contribution >= 4 is 12.0 Å². The molecule has 0 spiro atoms. The van der Waals surface area contributed by atoms with Crippen LogP contribution in [0.1, 0.15) is 17.9 Å². The van der Waals surface area contributed by atoms with Crippen LogP contribution in [0.3, 0.4) is 0 Å². The van der Waals surface area contributed by atoms with E-state index < -0.39 is 11.9 Å². The number of carboxylic acids is 1. The summed E-state index contributed by atoms with van der Waals surface area (Å²) in [5, 5.41) is 21.0. The van der Waals surface area contributed by atoms with E-state index in [2.05, 4.69) is 5.32 Å². The number of urea groups is 1. The summed E-state index contributed by atoms with van der Waals surface area (Å²) in [5.74, 6) is -1.59. The van der Waals surface area contributed by atoms with E-state index in [9.17, 15) is 14.7 Å². The summed E-state index contributed by atoms with van der Waals surface area (Å²) in [4.78, 5) is 25.0. The van der Waals surface area contributed by atoms with Crippen LogP contribution in [0.15, 0.2) is 30.3 Å². The molecular formula is C15H20N2O4. The Morgan fingerprint density at radius 2 is 2.05 bits per heavy atom. The van der Waals surface area contributed by atoms with Crippen LogP contribution in [0.25, 0.3) is 0 Å². The number of aliphatic hydroxyl groups excluding tert-OH is 1. The first-order valence-corrected chi connectivity index (χ1v) is 7.03. The molecule has 6 heteroatoms. The third kappa shape index (κ3) is 3.95. The number of rotatable bonds is 5. The van der Waals surface area contributed by atoms with Crippen LogP contribution in [0.5, 0.6) is 0 Å². The molecule has 1 saturated heterocycles. The number of hydrogen-bond acceptors (Lipinski definition) is 3. The fourth-order valence-electron chi connectivity index (χ4n) is 2.50. The van der Waals surface area contributed by atoms with Gasteiger partial charge in [-0.2, -0.15) is 0 Å². The van der Waals surface area contributed by atoms with Gasteiger partial charge in [0, 0.05) is 32.2 Å². The van der Waals surface area contributed by atoms with Crippen LogP contribution in [-0.2, 0) is 4.79 Å². The quantitative estimate of drug-likeness (QED) is 0.751. The van der Waals surface area contributed by atoms with Crippen LogP contribution in [0, 0.1) is 5.92 Å². The van der Waals surface area contributed by atoms with E-state index in [1.54, 1.807) is 29.2 Å². The number of nitrogens with one attached hydrogen (secondary N) is 1. The maximum atomic E-state index is 12.0. The zero-order chi connectivity index (χ0) is 15.2. The van der Waals surface area contributed by atoms with Gasteiger partial charge in [-0.15, -0.1) is 0 Å². The molecule has 1 aliphatic rings. The lowest BCUT2D eigenvalue weighted by Gasteiger charge is -2.19. The van der Waals surface area contributed by atoms with Crippen molar-refractivity contribution in [3.63, 3.8) is 0 Å². The highest BCUT2D eigenvalue weighted by Gasteiger charge is 2.27. The summed E-state index contributed by atoms with van der Waals surface area (Å²) >= 11 is 0. The molecule has 0 aromatic heterocycles. The molecule has 0 aliphatic carbocycles. The summed E-state index contributed by atoms with van der Waals surface area (Å²) < 4.78 is 0. The molecule has 1 aliphatic heterocycles. The Bertz CT molecular complexity index is 492. The number of carbonyl (C=O) groups excluding carboxylic acids is 1. The van der Waals surface area contributed by atoms with E-state index in [0.29, 0.717) is 18.7 Å². The highest BCUT2D eigenvalue weighted by Crippen LogP contribution is 2.17. The lowest BCUT2D eigenvalue weighted by molar-refractivity contribution is -0.138. The molecule has 114 valence electrons. The lowest BCUT2D eigenvalue weighted by atomic mass is 9.99. The monoisotopic (exact) mass is 292 g/mol. The van der Waals surface area contributed by atoms with E-state index in [-0.39, 0.29) is 25.1 Å². The van der Waals surface area contributed by atoms with Crippen LogP contribution in [-0.4, -0.2) is 53.4 Å². The Hall–Kier alpha value is -2.08. The van der Waals surface area contributed by atoms with Gasteiger partial charge in [-0.05, 0) is 12.0 Å². The highest BCUT2D eigenvalue weighted by molar-refractivity contribution is 5.79. The van der Waals surface area contributed by atoms with Crippen molar-refractivity contribution in [2.24, 2.45) is 5.92 Å². The van der Waals surface area contributed by atoms with Crippen LogP contribution in [0.4, 0.5) is 4.79 Å².